The second-order valence-electron chi connectivity index (χ2n) is 7.63. The number of hydrogen-bond donors (Lipinski definition) is 0. The number of hydrogen-bond acceptors (Lipinski definition) is 3. The van der Waals surface area contributed by atoms with Gasteiger partial charge in [0.05, 0.1) is 6.07 Å². The number of likely N-dealkylation sites (N-methyl/N-ethyl adjacent to an activating group) is 1. The van der Waals surface area contributed by atoms with Crippen molar-refractivity contribution in [1.29, 1.82) is 5.26 Å². The van der Waals surface area contributed by atoms with Crippen LogP contribution in [0.5, 0.6) is 0 Å². The Morgan fingerprint density at radius 3 is 2.04 bits per heavy atom. The van der Waals surface area contributed by atoms with Crippen molar-refractivity contribution in [3.8, 4) is 6.07 Å². The minimum atomic E-state index is -0.602. The third-order valence-corrected chi connectivity index (χ3v) is 5.91. The molecule has 1 heterocycles. The molecule has 0 N–H and O–H groups in total. The van der Waals surface area contributed by atoms with Crippen LogP contribution in [-0.4, -0.2) is 49.6 Å². The molecule has 1 saturated heterocycles. The van der Waals surface area contributed by atoms with E-state index in [-0.39, 0.29) is 5.92 Å². The maximum Gasteiger partial charge on any atom is 0.111 e. The number of benzene rings is 2. The third-order valence-electron chi connectivity index (χ3n) is 5.91. The van der Waals surface area contributed by atoms with E-state index in [9.17, 15) is 5.26 Å². The molecule has 1 aliphatic rings. The van der Waals surface area contributed by atoms with E-state index in [2.05, 4.69) is 61.2 Å². The number of nitrogens with zero attached hydrogens (tertiary/aromatic N) is 3. The summed E-state index contributed by atoms with van der Waals surface area (Å²) in [6, 6.07) is 23.9. The fourth-order valence-corrected chi connectivity index (χ4v) is 4.44. The van der Waals surface area contributed by atoms with Gasteiger partial charge in [0.2, 0.25) is 0 Å². The molecule has 1 aliphatic heterocycles. The van der Waals surface area contributed by atoms with Crippen LogP contribution < -0.4 is 0 Å². The molecule has 3 nitrogen and oxygen atoms in total. The van der Waals surface area contributed by atoms with Crippen molar-refractivity contribution < 1.29 is 0 Å². The molecule has 2 aromatic rings. The Morgan fingerprint density at radius 1 is 1.04 bits per heavy atom. The van der Waals surface area contributed by atoms with Crippen molar-refractivity contribution in [2.45, 2.75) is 24.8 Å². The molecule has 0 amide bonds. The summed E-state index contributed by atoms with van der Waals surface area (Å²) < 4.78 is 0. The van der Waals surface area contributed by atoms with Crippen LogP contribution in [0.1, 0.15) is 24.5 Å². The van der Waals surface area contributed by atoms with Gasteiger partial charge in [0, 0.05) is 25.0 Å². The molecule has 0 saturated carbocycles. The van der Waals surface area contributed by atoms with Gasteiger partial charge in [0.15, 0.2) is 0 Å². The second kappa shape index (κ2) is 8.03. The van der Waals surface area contributed by atoms with Crippen molar-refractivity contribution in [3.05, 3.63) is 71.8 Å². The van der Waals surface area contributed by atoms with Gasteiger partial charge in [-0.15, -0.1) is 0 Å². The Balaban J connectivity index is 2.01. The Bertz CT molecular complexity index is 694. The topological polar surface area (TPSA) is 30.3 Å². The summed E-state index contributed by atoms with van der Waals surface area (Å²) in [5.74, 6) is 0.277. The van der Waals surface area contributed by atoms with Crippen molar-refractivity contribution in [2.24, 2.45) is 5.92 Å². The highest BCUT2D eigenvalue weighted by Gasteiger charge is 2.48. The maximum absolute atomic E-state index is 10.5. The zero-order chi connectivity index (χ0) is 18.6. The Labute approximate surface area is 157 Å². The Hall–Kier alpha value is -2.15. The highest BCUT2D eigenvalue weighted by atomic mass is 15.2. The predicted molar refractivity (Wildman–Crippen MR) is 107 cm³/mol. The van der Waals surface area contributed by atoms with Crippen molar-refractivity contribution in [3.63, 3.8) is 0 Å². The lowest BCUT2D eigenvalue weighted by molar-refractivity contribution is 0.201. The lowest BCUT2D eigenvalue weighted by Crippen LogP contribution is -2.43. The quantitative estimate of drug-likeness (QED) is 0.797. The van der Waals surface area contributed by atoms with Gasteiger partial charge in [-0.05, 0) is 45.1 Å². The smallest absolute Gasteiger partial charge is 0.111 e. The van der Waals surface area contributed by atoms with E-state index in [0.717, 1.165) is 37.2 Å². The minimum absolute atomic E-state index is 0.277. The first-order valence-corrected chi connectivity index (χ1v) is 9.50. The molecule has 3 heteroatoms. The monoisotopic (exact) mass is 347 g/mol. The van der Waals surface area contributed by atoms with E-state index in [1.54, 1.807) is 0 Å². The van der Waals surface area contributed by atoms with Gasteiger partial charge in [0.1, 0.15) is 5.41 Å². The van der Waals surface area contributed by atoms with Crippen LogP contribution in [0.15, 0.2) is 60.7 Å². The van der Waals surface area contributed by atoms with Gasteiger partial charge in [-0.1, -0.05) is 60.7 Å². The molecule has 26 heavy (non-hydrogen) atoms. The zero-order valence-electron chi connectivity index (χ0n) is 16.1. The normalized spacial score (nSPS) is 21.0. The maximum atomic E-state index is 10.5. The molecule has 0 aliphatic carbocycles. The summed E-state index contributed by atoms with van der Waals surface area (Å²) in [5, 5.41) is 10.5. The molecule has 3 rings (SSSR count). The summed E-state index contributed by atoms with van der Waals surface area (Å²) >= 11 is 0. The van der Waals surface area contributed by atoms with Crippen LogP contribution in [0.25, 0.3) is 0 Å². The van der Waals surface area contributed by atoms with Gasteiger partial charge >= 0.3 is 0 Å². The lowest BCUT2D eigenvalue weighted by atomic mass is 9.64. The van der Waals surface area contributed by atoms with Crippen molar-refractivity contribution >= 4 is 0 Å². The van der Waals surface area contributed by atoms with E-state index in [1.807, 2.05) is 36.4 Å². The van der Waals surface area contributed by atoms with Gasteiger partial charge in [0.25, 0.3) is 0 Å². The minimum Gasteiger partial charge on any atom is -0.308 e. The SMILES string of the molecule is CC1C(C(C#N)(c2ccccc2)c2ccccc2)CCN1CCN(C)C. The highest BCUT2D eigenvalue weighted by Crippen LogP contribution is 2.45. The average Bonchev–Trinajstić information content (AvgIpc) is 3.04. The van der Waals surface area contributed by atoms with E-state index >= 15 is 0 Å². The molecule has 0 aromatic heterocycles. The molecule has 0 radical (unpaired) electrons. The van der Waals surface area contributed by atoms with Gasteiger partial charge in [-0.3, -0.25) is 4.90 Å². The molecular formula is C23H29N3. The summed E-state index contributed by atoms with van der Waals surface area (Å²) in [6.07, 6.45) is 1.05. The summed E-state index contributed by atoms with van der Waals surface area (Å²) in [7, 11) is 4.23. The number of rotatable bonds is 6. The van der Waals surface area contributed by atoms with Crippen LogP contribution in [0.4, 0.5) is 0 Å². The zero-order valence-corrected chi connectivity index (χ0v) is 16.1. The fourth-order valence-electron chi connectivity index (χ4n) is 4.44. The van der Waals surface area contributed by atoms with Crippen molar-refractivity contribution in [2.75, 3.05) is 33.7 Å². The Kier molecular flexibility index (Phi) is 5.76. The molecule has 2 atom stereocenters. The molecular weight excluding hydrogens is 318 g/mol. The lowest BCUT2D eigenvalue weighted by Gasteiger charge is -2.38. The molecule has 2 unspecified atom stereocenters. The largest absolute Gasteiger partial charge is 0.308 e. The summed E-state index contributed by atoms with van der Waals surface area (Å²) in [4.78, 5) is 4.77. The number of nitriles is 1. The van der Waals surface area contributed by atoms with E-state index < -0.39 is 5.41 Å². The highest BCUT2D eigenvalue weighted by molar-refractivity contribution is 5.47. The van der Waals surface area contributed by atoms with Crippen LogP contribution in [0.2, 0.25) is 0 Å². The predicted octanol–water partition coefficient (Wildman–Crippen LogP) is 3.77. The van der Waals surface area contributed by atoms with Gasteiger partial charge < -0.3 is 4.90 Å². The average molecular weight is 348 g/mol. The fraction of sp³-hybridized carbons (Fsp3) is 0.435. The van der Waals surface area contributed by atoms with E-state index in [0.29, 0.717) is 6.04 Å². The molecule has 2 aromatic carbocycles. The first kappa shape index (κ1) is 18.6. The van der Waals surface area contributed by atoms with E-state index in [1.165, 1.54) is 0 Å². The molecule has 1 fully saturated rings. The Morgan fingerprint density at radius 2 is 1.58 bits per heavy atom. The van der Waals surface area contributed by atoms with E-state index in [4.69, 9.17) is 0 Å². The summed E-state index contributed by atoms with van der Waals surface area (Å²) in [5.41, 5.74) is 1.62. The standard InChI is InChI=1S/C23H29N3/c1-19-22(14-15-26(19)17-16-25(2)3)23(18-24,20-10-6-4-7-11-20)21-12-8-5-9-13-21/h4-13,19,22H,14-17H2,1-3H3. The van der Waals surface area contributed by atoms with Crippen LogP contribution in [-0.2, 0) is 5.41 Å². The van der Waals surface area contributed by atoms with Crippen LogP contribution >= 0.6 is 0 Å². The molecule has 0 spiro atoms. The van der Waals surface area contributed by atoms with Crippen LogP contribution in [0, 0.1) is 17.2 Å². The van der Waals surface area contributed by atoms with Crippen LogP contribution in [0.3, 0.4) is 0 Å². The van der Waals surface area contributed by atoms with Crippen molar-refractivity contribution in [1.82, 2.24) is 9.80 Å². The second-order valence-corrected chi connectivity index (χ2v) is 7.63. The van der Waals surface area contributed by atoms with Gasteiger partial charge in [-0.2, -0.15) is 5.26 Å². The third kappa shape index (κ3) is 3.40. The first-order chi connectivity index (χ1) is 12.6. The first-order valence-electron chi connectivity index (χ1n) is 9.50. The molecule has 0 bridgehead atoms. The summed E-state index contributed by atoms with van der Waals surface area (Å²) in [6.45, 7) is 5.46. The number of likely N-dealkylation sites (tertiary alicyclic amines) is 1. The van der Waals surface area contributed by atoms with Gasteiger partial charge in [-0.25, -0.2) is 0 Å². The molecule has 136 valence electrons.